The molecule has 2 aromatic rings. The SMILES string of the molecule is ClCc1nc2c(Cl)cccc2n1C1CCCC1. The van der Waals surface area contributed by atoms with Crippen molar-refractivity contribution in [3.05, 3.63) is 29.0 Å². The highest BCUT2D eigenvalue weighted by atomic mass is 35.5. The van der Waals surface area contributed by atoms with Gasteiger partial charge in [-0.3, -0.25) is 0 Å². The van der Waals surface area contributed by atoms with E-state index in [4.69, 9.17) is 23.2 Å². The third-order valence-corrected chi connectivity index (χ3v) is 4.10. The molecule has 4 heteroatoms. The van der Waals surface area contributed by atoms with Crippen molar-refractivity contribution in [2.75, 3.05) is 0 Å². The Bertz CT molecular complexity index is 542. The number of alkyl halides is 1. The number of rotatable bonds is 2. The summed E-state index contributed by atoms with van der Waals surface area (Å²) in [6, 6.07) is 6.50. The largest absolute Gasteiger partial charge is 0.324 e. The average molecular weight is 269 g/mol. The Labute approximate surface area is 111 Å². The maximum Gasteiger partial charge on any atom is 0.125 e. The van der Waals surface area contributed by atoms with Crippen molar-refractivity contribution in [3.63, 3.8) is 0 Å². The Morgan fingerprint density at radius 3 is 2.76 bits per heavy atom. The quantitative estimate of drug-likeness (QED) is 0.731. The van der Waals surface area contributed by atoms with Gasteiger partial charge in [0.15, 0.2) is 0 Å². The summed E-state index contributed by atoms with van der Waals surface area (Å²) in [5.41, 5.74) is 2.01. The van der Waals surface area contributed by atoms with Crippen molar-refractivity contribution in [1.29, 1.82) is 0 Å². The number of nitrogens with zero attached hydrogens (tertiary/aromatic N) is 2. The van der Waals surface area contributed by atoms with Crippen LogP contribution in [0.25, 0.3) is 11.0 Å². The number of para-hydroxylation sites is 1. The average Bonchev–Trinajstić information content (AvgIpc) is 2.94. The van der Waals surface area contributed by atoms with E-state index in [2.05, 4.69) is 15.6 Å². The fraction of sp³-hybridized carbons (Fsp3) is 0.462. The monoisotopic (exact) mass is 268 g/mol. The molecule has 1 aromatic heterocycles. The number of aromatic nitrogens is 2. The van der Waals surface area contributed by atoms with E-state index in [0.717, 1.165) is 16.9 Å². The molecule has 3 rings (SSSR count). The molecular weight excluding hydrogens is 255 g/mol. The summed E-state index contributed by atoms with van der Waals surface area (Å²) in [5.74, 6) is 1.39. The van der Waals surface area contributed by atoms with E-state index in [1.807, 2.05) is 12.1 Å². The molecule has 0 spiro atoms. The van der Waals surface area contributed by atoms with Gasteiger partial charge in [0.25, 0.3) is 0 Å². The highest BCUT2D eigenvalue weighted by Crippen LogP contribution is 2.35. The summed E-state index contributed by atoms with van der Waals surface area (Å²) in [6.07, 6.45) is 5.04. The second-order valence-corrected chi connectivity index (χ2v) is 5.25. The zero-order valence-corrected chi connectivity index (χ0v) is 11.0. The van der Waals surface area contributed by atoms with Gasteiger partial charge < -0.3 is 4.57 Å². The molecule has 1 saturated carbocycles. The molecule has 1 aliphatic carbocycles. The number of benzene rings is 1. The molecule has 2 nitrogen and oxygen atoms in total. The smallest absolute Gasteiger partial charge is 0.125 e. The summed E-state index contributed by atoms with van der Waals surface area (Å²) in [6.45, 7) is 0. The molecule has 0 saturated heterocycles. The molecule has 17 heavy (non-hydrogen) atoms. The van der Waals surface area contributed by atoms with Gasteiger partial charge in [0.2, 0.25) is 0 Å². The van der Waals surface area contributed by atoms with Crippen LogP contribution in [0.3, 0.4) is 0 Å². The molecule has 1 aromatic carbocycles. The zero-order chi connectivity index (χ0) is 11.8. The molecule has 1 fully saturated rings. The third-order valence-electron chi connectivity index (χ3n) is 3.55. The van der Waals surface area contributed by atoms with Gasteiger partial charge in [0, 0.05) is 6.04 Å². The molecule has 0 amide bonds. The molecule has 0 bridgehead atoms. The van der Waals surface area contributed by atoms with Gasteiger partial charge in [-0.2, -0.15) is 0 Å². The topological polar surface area (TPSA) is 17.8 Å². The van der Waals surface area contributed by atoms with Gasteiger partial charge in [-0.1, -0.05) is 30.5 Å². The van der Waals surface area contributed by atoms with Gasteiger partial charge >= 0.3 is 0 Å². The molecule has 0 atom stereocenters. The lowest BCUT2D eigenvalue weighted by Crippen LogP contribution is -2.07. The lowest BCUT2D eigenvalue weighted by molar-refractivity contribution is 0.518. The van der Waals surface area contributed by atoms with Crippen LogP contribution in [0.5, 0.6) is 0 Å². The van der Waals surface area contributed by atoms with Crippen molar-refractivity contribution in [2.24, 2.45) is 0 Å². The summed E-state index contributed by atoms with van der Waals surface area (Å²) < 4.78 is 2.29. The molecule has 0 aliphatic heterocycles. The minimum atomic E-state index is 0.446. The number of fused-ring (bicyclic) bond motifs is 1. The minimum absolute atomic E-state index is 0.446. The maximum atomic E-state index is 6.19. The molecule has 90 valence electrons. The Balaban J connectivity index is 2.22. The highest BCUT2D eigenvalue weighted by molar-refractivity contribution is 6.35. The zero-order valence-electron chi connectivity index (χ0n) is 9.50. The summed E-state index contributed by atoms with van der Waals surface area (Å²) in [4.78, 5) is 4.57. The van der Waals surface area contributed by atoms with E-state index in [0.29, 0.717) is 16.9 Å². The van der Waals surface area contributed by atoms with Crippen LogP contribution in [0.1, 0.15) is 37.5 Å². The molecule has 0 N–H and O–H groups in total. The summed E-state index contributed by atoms with van der Waals surface area (Å²) in [5, 5.41) is 0.714. The fourth-order valence-electron chi connectivity index (χ4n) is 2.80. The van der Waals surface area contributed by atoms with Crippen molar-refractivity contribution >= 4 is 34.2 Å². The van der Waals surface area contributed by atoms with Crippen LogP contribution < -0.4 is 0 Å². The van der Waals surface area contributed by atoms with Gasteiger partial charge in [-0.25, -0.2) is 4.98 Å². The van der Waals surface area contributed by atoms with Crippen molar-refractivity contribution in [1.82, 2.24) is 9.55 Å². The first-order chi connectivity index (χ1) is 8.31. The van der Waals surface area contributed by atoms with Gasteiger partial charge in [0.05, 0.1) is 16.4 Å². The number of halogens is 2. The van der Waals surface area contributed by atoms with Crippen LogP contribution in [-0.2, 0) is 5.88 Å². The Morgan fingerprint density at radius 2 is 2.06 bits per heavy atom. The first-order valence-electron chi connectivity index (χ1n) is 6.02. The fourth-order valence-corrected chi connectivity index (χ4v) is 3.20. The molecular formula is C13H14Cl2N2. The van der Waals surface area contributed by atoms with Crippen LogP contribution in [0.2, 0.25) is 5.02 Å². The lowest BCUT2D eigenvalue weighted by atomic mass is 10.2. The number of hydrogen-bond donors (Lipinski definition) is 0. The normalized spacial score (nSPS) is 17.1. The van der Waals surface area contributed by atoms with E-state index in [1.54, 1.807) is 0 Å². The maximum absolute atomic E-state index is 6.19. The second-order valence-electron chi connectivity index (χ2n) is 4.58. The minimum Gasteiger partial charge on any atom is -0.324 e. The van der Waals surface area contributed by atoms with Crippen molar-refractivity contribution < 1.29 is 0 Å². The van der Waals surface area contributed by atoms with Crippen molar-refractivity contribution in [2.45, 2.75) is 37.6 Å². The lowest BCUT2D eigenvalue weighted by Gasteiger charge is -2.15. The molecule has 0 radical (unpaired) electrons. The van der Waals surface area contributed by atoms with Crippen molar-refractivity contribution in [3.8, 4) is 0 Å². The predicted molar refractivity (Wildman–Crippen MR) is 71.8 cm³/mol. The van der Waals surface area contributed by atoms with E-state index in [9.17, 15) is 0 Å². The van der Waals surface area contributed by atoms with Gasteiger partial charge in [0.1, 0.15) is 11.3 Å². The summed E-state index contributed by atoms with van der Waals surface area (Å²) in [7, 11) is 0. The van der Waals surface area contributed by atoms with E-state index < -0.39 is 0 Å². The van der Waals surface area contributed by atoms with Crippen LogP contribution in [0.4, 0.5) is 0 Å². The summed E-state index contributed by atoms with van der Waals surface area (Å²) >= 11 is 12.2. The molecule has 1 aliphatic rings. The first kappa shape index (κ1) is 11.4. The standard InChI is InChI=1S/C13H14Cl2N2/c14-8-12-16-13-10(15)6-3-7-11(13)17(12)9-4-1-2-5-9/h3,6-7,9H,1-2,4-5,8H2. The highest BCUT2D eigenvalue weighted by Gasteiger charge is 2.22. The second kappa shape index (κ2) is 4.51. The van der Waals surface area contributed by atoms with E-state index in [-0.39, 0.29) is 0 Å². The van der Waals surface area contributed by atoms with Crippen LogP contribution in [0, 0.1) is 0 Å². The number of hydrogen-bond acceptors (Lipinski definition) is 1. The first-order valence-corrected chi connectivity index (χ1v) is 6.94. The van der Waals surface area contributed by atoms with Crippen LogP contribution in [0.15, 0.2) is 18.2 Å². The van der Waals surface area contributed by atoms with E-state index in [1.165, 1.54) is 25.7 Å². The molecule has 1 heterocycles. The van der Waals surface area contributed by atoms with Gasteiger partial charge in [-0.15, -0.1) is 11.6 Å². The van der Waals surface area contributed by atoms with E-state index >= 15 is 0 Å². The third kappa shape index (κ3) is 1.84. The van der Waals surface area contributed by atoms with Gasteiger partial charge in [-0.05, 0) is 25.0 Å². The molecule has 0 unspecified atom stereocenters. The van der Waals surface area contributed by atoms with Crippen LogP contribution in [-0.4, -0.2) is 9.55 Å². The Hall–Kier alpha value is -0.730. The Morgan fingerprint density at radius 1 is 1.29 bits per heavy atom. The predicted octanol–water partition coefficient (Wildman–Crippen LogP) is 4.54. The van der Waals surface area contributed by atoms with Crippen LogP contribution >= 0.6 is 23.2 Å². The Kier molecular flexibility index (Phi) is 3.01. The number of imidazole rings is 1.